The monoisotopic (exact) mass is 323 g/mol. The summed E-state index contributed by atoms with van der Waals surface area (Å²) >= 11 is 5.30. The summed E-state index contributed by atoms with van der Waals surface area (Å²) in [5.41, 5.74) is 2.75. The minimum atomic E-state index is 0.289. The minimum Gasteiger partial charge on any atom is -0.309 e. The van der Waals surface area contributed by atoms with Crippen molar-refractivity contribution in [3.8, 4) is 0 Å². The van der Waals surface area contributed by atoms with Crippen molar-refractivity contribution in [3.05, 3.63) is 56.2 Å². The predicted molar refractivity (Wildman–Crippen MR) is 83.4 cm³/mol. The molecule has 2 rings (SSSR count). The summed E-state index contributed by atoms with van der Waals surface area (Å²) in [6.45, 7) is 2.22. The van der Waals surface area contributed by atoms with Crippen LogP contribution in [0.15, 0.2) is 40.2 Å². The molecule has 0 saturated carbocycles. The van der Waals surface area contributed by atoms with Crippen molar-refractivity contribution in [2.45, 2.75) is 25.8 Å². The summed E-state index contributed by atoms with van der Waals surface area (Å²) in [6.07, 6.45) is 2.36. The Hall–Kier alpha value is -0.640. The van der Waals surface area contributed by atoms with Gasteiger partial charge in [0.05, 0.1) is 6.04 Å². The van der Waals surface area contributed by atoms with E-state index in [1.54, 1.807) is 11.3 Å². The van der Waals surface area contributed by atoms with E-state index in [0.29, 0.717) is 0 Å². The molecule has 1 atom stereocenters. The number of thiophene rings is 1. The van der Waals surface area contributed by atoms with E-state index in [1.165, 1.54) is 22.4 Å². The van der Waals surface area contributed by atoms with E-state index < -0.39 is 0 Å². The van der Waals surface area contributed by atoms with E-state index in [4.69, 9.17) is 0 Å². The highest BCUT2D eigenvalue weighted by Crippen LogP contribution is 2.30. The molecule has 0 radical (unpaired) electrons. The second-order valence-corrected chi connectivity index (χ2v) is 6.24. The molecular formula is C15H18BrNS. The molecule has 0 saturated heterocycles. The molecule has 0 aliphatic heterocycles. The van der Waals surface area contributed by atoms with Crippen molar-refractivity contribution >= 4 is 27.3 Å². The van der Waals surface area contributed by atoms with Gasteiger partial charge in [0.15, 0.2) is 0 Å². The lowest BCUT2D eigenvalue weighted by atomic mass is 10.0. The van der Waals surface area contributed by atoms with Crippen LogP contribution < -0.4 is 5.32 Å². The highest BCUT2D eigenvalue weighted by atomic mass is 79.9. The van der Waals surface area contributed by atoms with Gasteiger partial charge in [-0.3, -0.25) is 0 Å². The summed E-state index contributed by atoms with van der Waals surface area (Å²) < 4.78 is 1.16. The molecule has 18 heavy (non-hydrogen) atoms. The second-order valence-electron chi connectivity index (χ2n) is 4.38. The number of aryl methyl sites for hydroxylation is 1. The van der Waals surface area contributed by atoms with E-state index >= 15 is 0 Å². The average Bonchev–Trinajstić information content (AvgIpc) is 2.79. The van der Waals surface area contributed by atoms with Crippen molar-refractivity contribution in [1.29, 1.82) is 0 Å². The molecule has 0 bridgehead atoms. The third kappa shape index (κ3) is 3.22. The standard InChI is InChI=1S/C15H18BrNS/c1-3-4-11-5-7-12(8-6-11)15(17-2)14-9-13(16)10-18-14/h5-10,15,17H,3-4H2,1-2H3. The van der Waals surface area contributed by atoms with Crippen LogP contribution in [0.1, 0.15) is 35.4 Å². The fourth-order valence-electron chi connectivity index (χ4n) is 2.12. The van der Waals surface area contributed by atoms with Crippen LogP contribution >= 0.6 is 27.3 Å². The zero-order valence-electron chi connectivity index (χ0n) is 10.7. The molecule has 0 aliphatic rings. The Labute approximate surface area is 121 Å². The Morgan fingerprint density at radius 2 is 2.00 bits per heavy atom. The number of nitrogens with one attached hydrogen (secondary N) is 1. The summed E-state index contributed by atoms with van der Waals surface area (Å²) in [4.78, 5) is 1.34. The van der Waals surface area contributed by atoms with Gasteiger partial charge in [-0.1, -0.05) is 37.6 Å². The van der Waals surface area contributed by atoms with Crippen molar-refractivity contribution in [1.82, 2.24) is 5.32 Å². The van der Waals surface area contributed by atoms with Gasteiger partial charge in [0, 0.05) is 14.7 Å². The normalized spacial score (nSPS) is 12.6. The maximum absolute atomic E-state index is 3.52. The van der Waals surface area contributed by atoms with Gasteiger partial charge in [-0.05, 0) is 46.6 Å². The van der Waals surface area contributed by atoms with E-state index in [2.05, 4.69) is 63.9 Å². The molecule has 1 aromatic heterocycles. The van der Waals surface area contributed by atoms with Crippen LogP contribution in [0.5, 0.6) is 0 Å². The van der Waals surface area contributed by atoms with Gasteiger partial charge in [0.25, 0.3) is 0 Å². The predicted octanol–water partition coefficient (Wildman–Crippen LogP) is 4.77. The molecule has 2 aromatic rings. The highest BCUT2D eigenvalue weighted by molar-refractivity contribution is 9.10. The minimum absolute atomic E-state index is 0.289. The number of hydrogen-bond acceptors (Lipinski definition) is 2. The Morgan fingerprint density at radius 1 is 1.28 bits per heavy atom. The lowest BCUT2D eigenvalue weighted by Crippen LogP contribution is -2.16. The molecule has 0 aliphatic carbocycles. The van der Waals surface area contributed by atoms with Crippen molar-refractivity contribution in [2.24, 2.45) is 0 Å². The first-order valence-electron chi connectivity index (χ1n) is 6.24. The van der Waals surface area contributed by atoms with Gasteiger partial charge in [-0.25, -0.2) is 0 Å². The van der Waals surface area contributed by atoms with E-state index in [1.807, 2.05) is 7.05 Å². The number of halogens is 1. The van der Waals surface area contributed by atoms with Gasteiger partial charge in [0.1, 0.15) is 0 Å². The maximum atomic E-state index is 3.52. The Balaban J connectivity index is 2.22. The molecular weight excluding hydrogens is 306 g/mol. The summed E-state index contributed by atoms with van der Waals surface area (Å²) in [7, 11) is 2.01. The highest BCUT2D eigenvalue weighted by Gasteiger charge is 2.13. The molecule has 0 spiro atoms. The van der Waals surface area contributed by atoms with Gasteiger partial charge >= 0.3 is 0 Å². The fraction of sp³-hybridized carbons (Fsp3) is 0.333. The zero-order valence-corrected chi connectivity index (χ0v) is 13.1. The lowest BCUT2D eigenvalue weighted by Gasteiger charge is -2.15. The average molecular weight is 324 g/mol. The molecule has 96 valence electrons. The molecule has 1 nitrogen and oxygen atoms in total. The Bertz CT molecular complexity index is 489. The molecule has 1 heterocycles. The van der Waals surface area contributed by atoms with E-state index in [9.17, 15) is 0 Å². The smallest absolute Gasteiger partial charge is 0.0669 e. The SMILES string of the molecule is CCCc1ccc(C(NC)c2cc(Br)cs2)cc1. The van der Waals surface area contributed by atoms with E-state index in [-0.39, 0.29) is 6.04 Å². The van der Waals surface area contributed by atoms with Crippen molar-refractivity contribution in [2.75, 3.05) is 7.05 Å². The third-order valence-corrected chi connectivity index (χ3v) is 4.77. The fourth-order valence-corrected chi connectivity index (χ4v) is 3.70. The van der Waals surface area contributed by atoms with Crippen LogP contribution in [0.2, 0.25) is 0 Å². The number of rotatable bonds is 5. The molecule has 1 aromatic carbocycles. The van der Waals surface area contributed by atoms with Crippen LogP contribution in [0, 0.1) is 0 Å². The van der Waals surface area contributed by atoms with Gasteiger partial charge in [-0.2, -0.15) is 0 Å². The maximum Gasteiger partial charge on any atom is 0.0669 e. The molecule has 1 N–H and O–H groups in total. The third-order valence-electron chi connectivity index (χ3n) is 3.01. The molecule has 0 amide bonds. The van der Waals surface area contributed by atoms with Crippen LogP contribution in [0.4, 0.5) is 0 Å². The van der Waals surface area contributed by atoms with Crippen LogP contribution in [-0.4, -0.2) is 7.05 Å². The number of benzene rings is 1. The largest absolute Gasteiger partial charge is 0.309 e. The van der Waals surface area contributed by atoms with Gasteiger partial charge in [-0.15, -0.1) is 11.3 Å². The molecule has 1 unspecified atom stereocenters. The zero-order chi connectivity index (χ0) is 13.0. The van der Waals surface area contributed by atoms with Crippen LogP contribution in [-0.2, 0) is 6.42 Å². The van der Waals surface area contributed by atoms with Gasteiger partial charge in [0.2, 0.25) is 0 Å². The first-order chi connectivity index (χ1) is 8.74. The quantitative estimate of drug-likeness (QED) is 0.835. The van der Waals surface area contributed by atoms with Crippen molar-refractivity contribution < 1.29 is 0 Å². The summed E-state index contributed by atoms with van der Waals surface area (Å²) in [5, 5.41) is 5.52. The topological polar surface area (TPSA) is 12.0 Å². The molecule has 3 heteroatoms. The van der Waals surface area contributed by atoms with Crippen molar-refractivity contribution in [3.63, 3.8) is 0 Å². The lowest BCUT2D eigenvalue weighted by molar-refractivity contribution is 0.703. The Kier molecular flexibility index (Phi) is 4.98. The summed E-state index contributed by atoms with van der Waals surface area (Å²) in [6, 6.07) is 11.4. The number of hydrogen-bond donors (Lipinski definition) is 1. The Morgan fingerprint density at radius 3 is 2.50 bits per heavy atom. The first kappa shape index (κ1) is 13.8. The molecule has 0 fully saturated rings. The van der Waals surface area contributed by atoms with E-state index in [0.717, 1.165) is 10.9 Å². The second kappa shape index (κ2) is 6.50. The van der Waals surface area contributed by atoms with Gasteiger partial charge < -0.3 is 5.32 Å². The van der Waals surface area contributed by atoms with Crippen LogP contribution in [0.25, 0.3) is 0 Å². The first-order valence-corrected chi connectivity index (χ1v) is 7.92. The summed E-state index contributed by atoms with van der Waals surface area (Å²) in [5.74, 6) is 0. The van der Waals surface area contributed by atoms with Crippen LogP contribution in [0.3, 0.4) is 0 Å².